The van der Waals surface area contributed by atoms with Crippen LogP contribution >= 0.6 is 0 Å². The third-order valence-corrected chi connectivity index (χ3v) is 3.75. The largest absolute Gasteiger partial charge is 0.397 e. The maximum atomic E-state index is 6.08. The number of rotatable bonds is 2. The van der Waals surface area contributed by atoms with Crippen molar-refractivity contribution in [1.29, 1.82) is 0 Å². The molecule has 1 unspecified atom stereocenters. The van der Waals surface area contributed by atoms with Crippen LogP contribution in [0.15, 0.2) is 18.2 Å². The third-order valence-electron chi connectivity index (χ3n) is 3.75. The van der Waals surface area contributed by atoms with E-state index >= 15 is 0 Å². The van der Waals surface area contributed by atoms with Gasteiger partial charge in [0, 0.05) is 13.1 Å². The van der Waals surface area contributed by atoms with E-state index in [1.54, 1.807) is 0 Å². The van der Waals surface area contributed by atoms with Crippen LogP contribution in [0.3, 0.4) is 0 Å². The average molecular weight is 218 g/mol. The Balaban J connectivity index is 2.20. The summed E-state index contributed by atoms with van der Waals surface area (Å²) in [5, 5.41) is 0. The number of aryl methyl sites for hydroxylation is 1. The Bertz CT molecular complexity index is 351. The Kier molecular flexibility index (Phi) is 3.08. The summed E-state index contributed by atoms with van der Waals surface area (Å²) in [7, 11) is 0. The second-order valence-corrected chi connectivity index (χ2v) is 5.25. The van der Waals surface area contributed by atoms with Gasteiger partial charge in [0.1, 0.15) is 0 Å². The summed E-state index contributed by atoms with van der Waals surface area (Å²) in [4.78, 5) is 2.45. The molecule has 2 heteroatoms. The van der Waals surface area contributed by atoms with Crippen LogP contribution in [-0.4, -0.2) is 13.1 Å². The van der Waals surface area contributed by atoms with Gasteiger partial charge in [-0.2, -0.15) is 0 Å². The lowest BCUT2D eigenvalue weighted by molar-refractivity contribution is 0.423. The summed E-state index contributed by atoms with van der Waals surface area (Å²) < 4.78 is 0. The number of nitrogen functional groups attached to an aromatic ring is 1. The van der Waals surface area contributed by atoms with Gasteiger partial charge in [0.25, 0.3) is 0 Å². The first-order chi connectivity index (χ1) is 7.59. The fraction of sp³-hybridized carbons (Fsp3) is 0.571. The van der Waals surface area contributed by atoms with Crippen molar-refractivity contribution in [3.8, 4) is 0 Å². The molecule has 1 aliphatic heterocycles. The maximum absolute atomic E-state index is 6.08. The molecule has 1 heterocycles. The van der Waals surface area contributed by atoms with E-state index in [0.717, 1.165) is 30.6 Å². The summed E-state index contributed by atoms with van der Waals surface area (Å²) in [5.74, 6) is 1.59. The number of nitrogens with two attached hydrogens (primary N) is 1. The molecule has 0 amide bonds. The van der Waals surface area contributed by atoms with Gasteiger partial charge < -0.3 is 10.6 Å². The zero-order valence-electron chi connectivity index (χ0n) is 10.5. The molecule has 1 aromatic carbocycles. The van der Waals surface area contributed by atoms with Gasteiger partial charge in [0.15, 0.2) is 0 Å². The summed E-state index contributed by atoms with van der Waals surface area (Å²) in [6.45, 7) is 9.09. The molecule has 0 aliphatic carbocycles. The monoisotopic (exact) mass is 218 g/mol. The van der Waals surface area contributed by atoms with E-state index in [0.29, 0.717) is 0 Å². The van der Waals surface area contributed by atoms with E-state index < -0.39 is 0 Å². The molecular formula is C14H22N2. The molecule has 1 aliphatic rings. The van der Waals surface area contributed by atoms with Crippen molar-refractivity contribution in [2.24, 2.45) is 11.8 Å². The smallest absolute Gasteiger partial charge is 0.0629 e. The van der Waals surface area contributed by atoms with E-state index in [2.05, 4.69) is 31.7 Å². The lowest BCUT2D eigenvalue weighted by Crippen LogP contribution is -2.23. The van der Waals surface area contributed by atoms with Gasteiger partial charge in [-0.25, -0.2) is 0 Å². The zero-order valence-corrected chi connectivity index (χ0v) is 10.5. The van der Waals surface area contributed by atoms with Crippen LogP contribution < -0.4 is 10.6 Å². The molecule has 88 valence electrons. The van der Waals surface area contributed by atoms with Crippen LogP contribution in [0.1, 0.15) is 25.8 Å². The number of para-hydroxylation sites is 1. The van der Waals surface area contributed by atoms with Crippen molar-refractivity contribution in [3.05, 3.63) is 23.8 Å². The van der Waals surface area contributed by atoms with Crippen LogP contribution in [0.4, 0.5) is 11.4 Å². The molecule has 1 aromatic rings. The first kappa shape index (κ1) is 11.3. The second kappa shape index (κ2) is 4.36. The predicted molar refractivity (Wildman–Crippen MR) is 70.7 cm³/mol. The van der Waals surface area contributed by atoms with Gasteiger partial charge in [-0.3, -0.25) is 0 Å². The summed E-state index contributed by atoms with van der Waals surface area (Å²) in [6, 6.07) is 6.18. The lowest BCUT2D eigenvalue weighted by Gasteiger charge is -2.23. The number of anilines is 2. The number of nitrogens with zero attached hydrogens (tertiary/aromatic N) is 1. The quantitative estimate of drug-likeness (QED) is 0.773. The van der Waals surface area contributed by atoms with Gasteiger partial charge in [-0.15, -0.1) is 0 Å². The van der Waals surface area contributed by atoms with Crippen LogP contribution in [0.2, 0.25) is 0 Å². The SMILES string of the molecule is Cc1cccc(N)c1N1CCC(C(C)C)C1. The molecule has 0 bridgehead atoms. The number of hydrogen-bond acceptors (Lipinski definition) is 2. The van der Waals surface area contributed by atoms with Gasteiger partial charge in [0.05, 0.1) is 11.4 Å². The van der Waals surface area contributed by atoms with Crippen molar-refractivity contribution in [3.63, 3.8) is 0 Å². The average Bonchev–Trinajstić information content (AvgIpc) is 2.66. The molecule has 0 spiro atoms. The molecule has 0 saturated carbocycles. The molecule has 2 nitrogen and oxygen atoms in total. The standard InChI is InChI=1S/C14H22N2/c1-10(2)12-7-8-16(9-12)14-11(3)5-4-6-13(14)15/h4-6,10,12H,7-9,15H2,1-3H3. The van der Waals surface area contributed by atoms with E-state index in [-0.39, 0.29) is 0 Å². The molecule has 2 rings (SSSR count). The van der Waals surface area contributed by atoms with E-state index in [4.69, 9.17) is 5.73 Å². The van der Waals surface area contributed by atoms with Crippen molar-refractivity contribution < 1.29 is 0 Å². The highest BCUT2D eigenvalue weighted by atomic mass is 15.2. The Morgan fingerprint density at radius 3 is 2.69 bits per heavy atom. The predicted octanol–water partition coefficient (Wildman–Crippen LogP) is 3.06. The molecule has 2 N–H and O–H groups in total. The minimum absolute atomic E-state index is 0.773. The van der Waals surface area contributed by atoms with E-state index in [9.17, 15) is 0 Å². The van der Waals surface area contributed by atoms with Crippen molar-refractivity contribution in [2.45, 2.75) is 27.2 Å². The van der Waals surface area contributed by atoms with Crippen molar-refractivity contribution in [2.75, 3.05) is 23.7 Å². The highest BCUT2D eigenvalue weighted by molar-refractivity contribution is 5.71. The lowest BCUT2D eigenvalue weighted by atomic mass is 9.95. The van der Waals surface area contributed by atoms with E-state index in [1.165, 1.54) is 17.7 Å². The summed E-state index contributed by atoms with van der Waals surface area (Å²) >= 11 is 0. The fourth-order valence-corrected chi connectivity index (χ4v) is 2.65. The Morgan fingerprint density at radius 2 is 2.12 bits per heavy atom. The van der Waals surface area contributed by atoms with Crippen LogP contribution in [-0.2, 0) is 0 Å². The van der Waals surface area contributed by atoms with Crippen molar-refractivity contribution >= 4 is 11.4 Å². The van der Waals surface area contributed by atoms with Gasteiger partial charge in [-0.1, -0.05) is 26.0 Å². The molecule has 1 saturated heterocycles. The highest BCUT2D eigenvalue weighted by Gasteiger charge is 2.26. The van der Waals surface area contributed by atoms with Crippen LogP contribution in [0.25, 0.3) is 0 Å². The number of benzene rings is 1. The van der Waals surface area contributed by atoms with Gasteiger partial charge >= 0.3 is 0 Å². The van der Waals surface area contributed by atoms with Crippen molar-refractivity contribution in [1.82, 2.24) is 0 Å². The van der Waals surface area contributed by atoms with E-state index in [1.807, 2.05) is 12.1 Å². The topological polar surface area (TPSA) is 29.3 Å². The molecule has 1 atom stereocenters. The highest BCUT2D eigenvalue weighted by Crippen LogP contribution is 2.33. The summed E-state index contributed by atoms with van der Waals surface area (Å²) in [6.07, 6.45) is 1.30. The normalized spacial score (nSPS) is 20.8. The minimum Gasteiger partial charge on any atom is -0.397 e. The molecule has 16 heavy (non-hydrogen) atoms. The van der Waals surface area contributed by atoms with Crippen LogP contribution in [0, 0.1) is 18.8 Å². The second-order valence-electron chi connectivity index (χ2n) is 5.25. The zero-order chi connectivity index (χ0) is 11.7. The maximum Gasteiger partial charge on any atom is 0.0629 e. The Morgan fingerprint density at radius 1 is 1.38 bits per heavy atom. The fourth-order valence-electron chi connectivity index (χ4n) is 2.65. The van der Waals surface area contributed by atoms with Gasteiger partial charge in [-0.05, 0) is 36.8 Å². The molecule has 0 aromatic heterocycles. The Labute approximate surface area is 98.4 Å². The number of hydrogen-bond donors (Lipinski definition) is 1. The molecular weight excluding hydrogens is 196 g/mol. The van der Waals surface area contributed by atoms with Gasteiger partial charge in [0.2, 0.25) is 0 Å². The first-order valence-electron chi connectivity index (χ1n) is 6.19. The van der Waals surface area contributed by atoms with Crippen LogP contribution in [0.5, 0.6) is 0 Å². The molecule has 0 radical (unpaired) electrons. The molecule has 1 fully saturated rings. The first-order valence-corrected chi connectivity index (χ1v) is 6.19. The summed E-state index contributed by atoms with van der Waals surface area (Å²) in [5.41, 5.74) is 9.55. The minimum atomic E-state index is 0.773. The Hall–Kier alpha value is -1.18. The third kappa shape index (κ3) is 2.01.